The third-order valence-electron chi connectivity index (χ3n) is 2.92. The van der Waals surface area contributed by atoms with Crippen molar-refractivity contribution in [1.29, 1.82) is 0 Å². The topological polar surface area (TPSA) is 65.2 Å². The molecule has 2 heterocycles. The zero-order chi connectivity index (χ0) is 16.8. The molecule has 0 spiro atoms. The molecule has 0 unspecified atom stereocenters. The van der Waals surface area contributed by atoms with Crippen LogP contribution in [0.3, 0.4) is 0 Å². The number of rotatable bonds is 3. The fraction of sp³-hybridized carbons (Fsp3) is 0.143. The maximum absolute atomic E-state index is 12.5. The number of aryl methyl sites for hydroxylation is 1. The lowest BCUT2D eigenvalue weighted by Gasteiger charge is -2.08. The van der Waals surface area contributed by atoms with Crippen LogP contribution in [0.2, 0.25) is 0 Å². The lowest BCUT2D eigenvalue weighted by atomic mass is 10.2. The van der Waals surface area contributed by atoms with Crippen LogP contribution in [0, 0.1) is 6.92 Å². The number of primary amides is 1. The van der Waals surface area contributed by atoms with Gasteiger partial charge in [-0.3, -0.25) is 4.79 Å². The Morgan fingerprint density at radius 1 is 1.30 bits per heavy atom. The SMILES string of the molecule is Cc1cc(-c2nc3c(OC(F)(F)F)cccc3s2)c(C(N)=O)s1. The van der Waals surface area contributed by atoms with Gasteiger partial charge in [-0.1, -0.05) is 6.07 Å². The number of nitrogens with two attached hydrogens (primary N) is 1. The first-order chi connectivity index (χ1) is 10.7. The van der Waals surface area contributed by atoms with Gasteiger partial charge in [-0.25, -0.2) is 4.98 Å². The third-order valence-corrected chi connectivity index (χ3v) is 5.04. The molecule has 0 aliphatic heterocycles. The summed E-state index contributed by atoms with van der Waals surface area (Å²) in [5.41, 5.74) is 5.98. The number of nitrogens with zero attached hydrogens (tertiary/aromatic N) is 1. The van der Waals surface area contributed by atoms with Crippen LogP contribution in [0.1, 0.15) is 14.5 Å². The van der Waals surface area contributed by atoms with Crippen LogP contribution >= 0.6 is 22.7 Å². The normalized spacial score (nSPS) is 11.8. The van der Waals surface area contributed by atoms with Crippen molar-refractivity contribution in [3.8, 4) is 16.3 Å². The highest BCUT2D eigenvalue weighted by Gasteiger charge is 2.32. The molecular formula is C14H9F3N2O2S2. The van der Waals surface area contributed by atoms with E-state index in [-0.39, 0.29) is 11.3 Å². The predicted molar refractivity (Wildman–Crippen MR) is 82.9 cm³/mol. The van der Waals surface area contributed by atoms with E-state index in [0.29, 0.717) is 20.1 Å². The van der Waals surface area contributed by atoms with E-state index >= 15 is 0 Å². The molecule has 3 aromatic rings. The maximum Gasteiger partial charge on any atom is 0.573 e. The molecule has 9 heteroatoms. The zero-order valence-electron chi connectivity index (χ0n) is 11.6. The lowest BCUT2D eigenvalue weighted by Crippen LogP contribution is -2.17. The molecule has 0 aliphatic rings. The summed E-state index contributed by atoms with van der Waals surface area (Å²) in [7, 11) is 0. The minimum absolute atomic E-state index is 0.101. The average molecular weight is 358 g/mol. The second-order valence-corrected chi connectivity index (χ2v) is 6.92. The van der Waals surface area contributed by atoms with Crippen LogP contribution in [0.4, 0.5) is 13.2 Å². The van der Waals surface area contributed by atoms with Crippen molar-refractivity contribution < 1.29 is 22.7 Å². The van der Waals surface area contributed by atoms with Gasteiger partial charge >= 0.3 is 6.36 Å². The summed E-state index contributed by atoms with van der Waals surface area (Å²) in [6.07, 6.45) is -4.80. The molecule has 0 saturated heterocycles. The summed E-state index contributed by atoms with van der Waals surface area (Å²) in [6.45, 7) is 1.81. The Balaban J connectivity index is 2.14. The Hall–Kier alpha value is -2.13. The molecule has 3 rings (SSSR count). The number of hydrogen-bond acceptors (Lipinski definition) is 5. The summed E-state index contributed by atoms with van der Waals surface area (Å²) in [5, 5.41) is 0.427. The number of thiazole rings is 1. The average Bonchev–Trinajstić information content (AvgIpc) is 3.00. The molecule has 0 aliphatic carbocycles. The van der Waals surface area contributed by atoms with E-state index < -0.39 is 12.3 Å². The first-order valence-corrected chi connectivity index (χ1v) is 7.94. The molecule has 1 aromatic carbocycles. The molecule has 0 radical (unpaired) electrons. The van der Waals surface area contributed by atoms with Gasteiger partial charge in [-0.2, -0.15) is 0 Å². The molecule has 2 N–H and O–H groups in total. The van der Waals surface area contributed by atoms with Gasteiger partial charge in [-0.15, -0.1) is 35.8 Å². The second kappa shape index (κ2) is 5.50. The van der Waals surface area contributed by atoms with Crippen LogP contribution in [-0.2, 0) is 0 Å². The van der Waals surface area contributed by atoms with Gasteiger partial charge in [0.05, 0.1) is 4.70 Å². The van der Waals surface area contributed by atoms with Gasteiger partial charge in [0.2, 0.25) is 0 Å². The van der Waals surface area contributed by atoms with Crippen molar-refractivity contribution in [3.05, 3.63) is 34.0 Å². The summed E-state index contributed by atoms with van der Waals surface area (Å²) in [6, 6.07) is 6.04. The largest absolute Gasteiger partial charge is 0.573 e. The minimum Gasteiger partial charge on any atom is -0.403 e. The molecule has 0 fully saturated rings. The van der Waals surface area contributed by atoms with Gasteiger partial charge in [0.15, 0.2) is 5.75 Å². The summed E-state index contributed by atoms with van der Waals surface area (Å²) >= 11 is 2.40. The lowest BCUT2D eigenvalue weighted by molar-refractivity contribution is -0.274. The Bertz CT molecular complexity index is 899. The van der Waals surface area contributed by atoms with E-state index in [2.05, 4.69) is 9.72 Å². The van der Waals surface area contributed by atoms with Gasteiger partial charge in [0.25, 0.3) is 5.91 Å². The number of thiophene rings is 1. The van der Waals surface area contributed by atoms with Crippen LogP contribution in [-0.4, -0.2) is 17.3 Å². The smallest absolute Gasteiger partial charge is 0.403 e. The monoisotopic (exact) mass is 358 g/mol. The van der Waals surface area contributed by atoms with Crippen LogP contribution in [0.5, 0.6) is 5.75 Å². The van der Waals surface area contributed by atoms with Crippen molar-refractivity contribution in [2.45, 2.75) is 13.3 Å². The molecule has 120 valence electrons. The van der Waals surface area contributed by atoms with Gasteiger partial charge in [0.1, 0.15) is 15.4 Å². The summed E-state index contributed by atoms with van der Waals surface area (Å²) < 4.78 is 41.9. The quantitative estimate of drug-likeness (QED) is 0.758. The first-order valence-electron chi connectivity index (χ1n) is 6.30. The maximum atomic E-state index is 12.5. The number of benzene rings is 1. The highest BCUT2D eigenvalue weighted by atomic mass is 32.1. The number of amides is 1. The Morgan fingerprint density at radius 2 is 2.04 bits per heavy atom. The zero-order valence-corrected chi connectivity index (χ0v) is 13.2. The van der Waals surface area contributed by atoms with Crippen LogP contribution < -0.4 is 10.5 Å². The highest BCUT2D eigenvalue weighted by molar-refractivity contribution is 7.22. The summed E-state index contributed by atoms with van der Waals surface area (Å²) in [4.78, 5) is 16.9. The molecule has 0 saturated carbocycles. The van der Waals surface area contributed by atoms with E-state index in [4.69, 9.17) is 5.73 Å². The molecule has 0 atom stereocenters. The molecule has 2 aromatic heterocycles. The number of aromatic nitrogens is 1. The van der Waals surface area contributed by atoms with Crippen LogP contribution in [0.25, 0.3) is 20.8 Å². The molecule has 4 nitrogen and oxygen atoms in total. The van der Waals surface area contributed by atoms with Crippen molar-refractivity contribution in [3.63, 3.8) is 0 Å². The fourth-order valence-corrected chi connectivity index (χ4v) is 4.04. The van der Waals surface area contributed by atoms with Gasteiger partial charge < -0.3 is 10.5 Å². The number of fused-ring (bicyclic) bond motifs is 1. The fourth-order valence-electron chi connectivity index (χ4n) is 2.10. The number of para-hydroxylation sites is 1. The molecule has 23 heavy (non-hydrogen) atoms. The van der Waals surface area contributed by atoms with E-state index in [1.54, 1.807) is 12.1 Å². The Labute approximate surface area is 136 Å². The number of alkyl halides is 3. The minimum atomic E-state index is -4.80. The second-order valence-electron chi connectivity index (χ2n) is 4.63. The van der Waals surface area contributed by atoms with Gasteiger partial charge in [-0.05, 0) is 25.1 Å². The Morgan fingerprint density at radius 3 is 2.70 bits per heavy atom. The third kappa shape index (κ3) is 3.15. The van der Waals surface area contributed by atoms with Crippen molar-refractivity contribution >= 4 is 38.8 Å². The Kier molecular flexibility index (Phi) is 3.77. The van der Waals surface area contributed by atoms with E-state index in [0.717, 1.165) is 4.88 Å². The molecular weight excluding hydrogens is 349 g/mol. The van der Waals surface area contributed by atoms with Crippen LogP contribution in [0.15, 0.2) is 24.3 Å². The van der Waals surface area contributed by atoms with Crippen molar-refractivity contribution in [2.24, 2.45) is 5.73 Å². The molecule has 0 bridgehead atoms. The number of carbonyl (C=O) groups is 1. The van der Waals surface area contributed by atoms with Crippen molar-refractivity contribution in [2.75, 3.05) is 0 Å². The van der Waals surface area contributed by atoms with E-state index in [1.165, 1.54) is 34.8 Å². The number of hydrogen-bond donors (Lipinski definition) is 1. The van der Waals surface area contributed by atoms with E-state index in [1.807, 2.05) is 6.92 Å². The predicted octanol–water partition coefficient (Wildman–Crippen LogP) is 4.33. The number of halogens is 3. The summed E-state index contributed by atoms with van der Waals surface area (Å²) in [5.74, 6) is -0.964. The highest BCUT2D eigenvalue weighted by Crippen LogP contribution is 2.39. The van der Waals surface area contributed by atoms with E-state index in [9.17, 15) is 18.0 Å². The number of ether oxygens (including phenoxy) is 1. The standard InChI is InChI=1S/C14H9F3N2O2S2/c1-6-5-7(11(22-6)12(18)20)13-19-10-8(21-14(15,16)17)3-2-4-9(10)23-13/h2-5H,1H3,(H2,18,20). The first kappa shape index (κ1) is 15.8. The molecule has 1 amide bonds. The van der Waals surface area contributed by atoms with Gasteiger partial charge in [0, 0.05) is 10.4 Å². The van der Waals surface area contributed by atoms with Crippen molar-refractivity contribution in [1.82, 2.24) is 4.98 Å². The number of carbonyl (C=O) groups excluding carboxylic acids is 1.